The van der Waals surface area contributed by atoms with Crippen LogP contribution in [0.15, 0.2) is 30.2 Å². The van der Waals surface area contributed by atoms with E-state index in [4.69, 9.17) is 0 Å². The fraction of sp³-hybridized carbons (Fsp3) is 0.0769. The maximum atomic E-state index is 13.4. The van der Waals surface area contributed by atoms with Gasteiger partial charge in [0, 0.05) is 11.0 Å². The zero-order chi connectivity index (χ0) is 14.0. The first-order valence-electron chi connectivity index (χ1n) is 5.36. The van der Waals surface area contributed by atoms with E-state index in [-0.39, 0.29) is 17.0 Å². The molecule has 0 saturated heterocycles. The van der Waals surface area contributed by atoms with E-state index in [1.165, 1.54) is 13.0 Å². The molecule has 0 bridgehead atoms. The molecule has 98 valence electrons. The van der Waals surface area contributed by atoms with Crippen LogP contribution in [0.4, 0.5) is 19.6 Å². The van der Waals surface area contributed by atoms with E-state index in [0.717, 1.165) is 23.5 Å². The Bertz CT molecular complexity index is 632. The van der Waals surface area contributed by atoms with Crippen molar-refractivity contribution in [1.29, 1.82) is 0 Å². The van der Waals surface area contributed by atoms with Gasteiger partial charge < -0.3 is 5.32 Å². The standard InChI is InChI=1S/C13H10F2N2OS/c1-7(8(2)18)11-6-19-13(16-11)17-12-9(14)4-3-5-10(12)15/h3-6H,1H2,2H3,(H,16,17). The van der Waals surface area contributed by atoms with E-state index >= 15 is 0 Å². The third kappa shape index (κ3) is 2.85. The Morgan fingerprint density at radius 1 is 1.37 bits per heavy atom. The molecule has 0 aliphatic rings. The highest BCUT2D eigenvalue weighted by Crippen LogP contribution is 2.27. The number of carbonyl (C=O) groups excluding carboxylic acids is 1. The van der Waals surface area contributed by atoms with Gasteiger partial charge in [-0.25, -0.2) is 13.8 Å². The fourth-order valence-electron chi connectivity index (χ4n) is 1.37. The van der Waals surface area contributed by atoms with Crippen LogP contribution < -0.4 is 5.32 Å². The monoisotopic (exact) mass is 280 g/mol. The molecule has 0 saturated carbocycles. The van der Waals surface area contributed by atoms with Crippen molar-refractivity contribution in [2.45, 2.75) is 6.92 Å². The van der Waals surface area contributed by atoms with E-state index in [0.29, 0.717) is 10.8 Å². The third-order valence-electron chi connectivity index (χ3n) is 2.43. The van der Waals surface area contributed by atoms with Crippen LogP contribution in [0, 0.1) is 11.6 Å². The van der Waals surface area contributed by atoms with Gasteiger partial charge in [-0.1, -0.05) is 12.6 Å². The van der Waals surface area contributed by atoms with Gasteiger partial charge in [-0.15, -0.1) is 11.3 Å². The number of aromatic nitrogens is 1. The van der Waals surface area contributed by atoms with Crippen molar-refractivity contribution in [3.8, 4) is 0 Å². The molecule has 6 heteroatoms. The minimum atomic E-state index is -0.706. The van der Waals surface area contributed by atoms with Gasteiger partial charge in [-0.3, -0.25) is 4.79 Å². The molecule has 2 rings (SSSR count). The minimum Gasteiger partial charge on any atom is -0.327 e. The molecule has 0 aliphatic heterocycles. The number of thiazole rings is 1. The van der Waals surface area contributed by atoms with Crippen LogP contribution in [-0.2, 0) is 4.79 Å². The summed E-state index contributed by atoms with van der Waals surface area (Å²) in [5.41, 5.74) is 0.395. The second-order valence-electron chi connectivity index (χ2n) is 3.79. The summed E-state index contributed by atoms with van der Waals surface area (Å²) in [4.78, 5) is 15.2. The van der Waals surface area contributed by atoms with E-state index in [9.17, 15) is 13.6 Å². The molecule has 0 fully saturated rings. The van der Waals surface area contributed by atoms with Crippen LogP contribution in [-0.4, -0.2) is 10.8 Å². The zero-order valence-electron chi connectivity index (χ0n) is 10.0. The summed E-state index contributed by atoms with van der Waals surface area (Å²) in [5.74, 6) is -1.61. The van der Waals surface area contributed by atoms with Gasteiger partial charge in [0.1, 0.15) is 17.3 Å². The molecule has 19 heavy (non-hydrogen) atoms. The molecule has 1 N–H and O–H groups in total. The number of allylic oxidation sites excluding steroid dienone is 1. The second-order valence-corrected chi connectivity index (χ2v) is 4.65. The molecule has 1 heterocycles. The number of anilines is 2. The number of nitrogens with zero attached hydrogens (tertiary/aromatic N) is 1. The fourth-order valence-corrected chi connectivity index (χ4v) is 2.10. The number of benzene rings is 1. The summed E-state index contributed by atoms with van der Waals surface area (Å²) >= 11 is 1.14. The predicted molar refractivity (Wildman–Crippen MR) is 71.5 cm³/mol. The van der Waals surface area contributed by atoms with Crippen molar-refractivity contribution < 1.29 is 13.6 Å². The molecule has 0 radical (unpaired) electrons. The zero-order valence-corrected chi connectivity index (χ0v) is 10.9. The summed E-state index contributed by atoms with van der Waals surface area (Å²) in [5, 5.41) is 4.45. The molecular weight excluding hydrogens is 270 g/mol. The maximum absolute atomic E-state index is 13.4. The highest BCUT2D eigenvalue weighted by atomic mass is 32.1. The number of para-hydroxylation sites is 1. The Morgan fingerprint density at radius 3 is 2.58 bits per heavy atom. The van der Waals surface area contributed by atoms with E-state index < -0.39 is 11.6 Å². The molecule has 1 aromatic carbocycles. The lowest BCUT2D eigenvalue weighted by Gasteiger charge is -2.04. The van der Waals surface area contributed by atoms with Crippen molar-refractivity contribution in [3.05, 3.63) is 47.5 Å². The van der Waals surface area contributed by atoms with Crippen LogP contribution in [0.3, 0.4) is 0 Å². The van der Waals surface area contributed by atoms with Gasteiger partial charge in [0.15, 0.2) is 10.9 Å². The number of hydrogen-bond donors (Lipinski definition) is 1. The molecule has 0 amide bonds. The Labute approximate surface area is 112 Å². The number of carbonyl (C=O) groups is 1. The average Bonchev–Trinajstić information content (AvgIpc) is 2.81. The minimum absolute atomic E-state index is 0.200. The van der Waals surface area contributed by atoms with Gasteiger partial charge in [0.2, 0.25) is 0 Å². The summed E-state index contributed by atoms with van der Waals surface area (Å²) in [6, 6.07) is 3.57. The molecule has 1 aromatic heterocycles. The average molecular weight is 280 g/mol. The van der Waals surface area contributed by atoms with Gasteiger partial charge in [-0.05, 0) is 19.1 Å². The Balaban J connectivity index is 2.26. The van der Waals surface area contributed by atoms with Crippen LogP contribution in [0.25, 0.3) is 5.57 Å². The first kappa shape index (κ1) is 13.4. The molecular formula is C13H10F2N2OS. The summed E-state index contributed by atoms with van der Waals surface area (Å²) in [6.07, 6.45) is 0. The van der Waals surface area contributed by atoms with Crippen LogP contribution >= 0.6 is 11.3 Å². The lowest BCUT2D eigenvalue weighted by Crippen LogP contribution is -1.98. The Kier molecular flexibility index (Phi) is 3.71. The van der Waals surface area contributed by atoms with E-state index in [1.807, 2.05) is 0 Å². The lowest BCUT2D eigenvalue weighted by atomic mass is 10.2. The SMILES string of the molecule is C=C(C(C)=O)c1csc(Nc2c(F)cccc2F)n1. The van der Waals surface area contributed by atoms with Gasteiger partial charge in [0.25, 0.3) is 0 Å². The van der Waals surface area contributed by atoms with Gasteiger partial charge in [0.05, 0.1) is 5.69 Å². The summed E-state index contributed by atoms with van der Waals surface area (Å²) in [7, 11) is 0. The van der Waals surface area contributed by atoms with Crippen molar-refractivity contribution in [1.82, 2.24) is 4.98 Å². The third-order valence-corrected chi connectivity index (χ3v) is 3.19. The number of Topliss-reactive ketones (excluding diaryl/α,β-unsaturated/α-hetero) is 1. The van der Waals surface area contributed by atoms with Crippen molar-refractivity contribution >= 4 is 33.5 Å². The molecule has 0 aliphatic carbocycles. The number of nitrogens with one attached hydrogen (secondary N) is 1. The number of rotatable bonds is 4. The molecule has 0 unspecified atom stereocenters. The van der Waals surface area contributed by atoms with Crippen molar-refractivity contribution in [2.75, 3.05) is 5.32 Å². The molecule has 3 nitrogen and oxygen atoms in total. The van der Waals surface area contributed by atoms with Crippen LogP contribution in [0.2, 0.25) is 0 Å². The van der Waals surface area contributed by atoms with Crippen molar-refractivity contribution in [3.63, 3.8) is 0 Å². The quantitative estimate of drug-likeness (QED) is 0.867. The topological polar surface area (TPSA) is 42.0 Å². The predicted octanol–water partition coefficient (Wildman–Crippen LogP) is 3.77. The first-order chi connectivity index (χ1) is 8.99. The second kappa shape index (κ2) is 5.27. The number of halogens is 2. The van der Waals surface area contributed by atoms with Gasteiger partial charge >= 0.3 is 0 Å². The maximum Gasteiger partial charge on any atom is 0.187 e. The normalized spacial score (nSPS) is 10.3. The smallest absolute Gasteiger partial charge is 0.187 e. The number of hydrogen-bond acceptors (Lipinski definition) is 4. The largest absolute Gasteiger partial charge is 0.327 e. The molecule has 0 spiro atoms. The van der Waals surface area contributed by atoms with Crippen LogP contribution in [0.1, 0.15) is 12.6 Å². The van der Waals surface area contributed by atoms with Crippen LogP contribution in [0.5, 0.6) is 0 Å². The molecule has 2 aromatic rings. The number of ketones is 1. The molecule has 0 atom stereocenters. The summed E-state index contributed by atoms with van der Waals surface area (Å²) < 4.78 is 26.9. The van der Waals surface area contributed by atoms with E-state index in [2.05, 4.69) is 16.9 Å². The highest BCUT2D eigenvalue weighted by Gasteiger charge is 2.12. The van der Waals surface area contributed by atoms with Gasteiger partial charge in [-0.2, -0.15) is 0 Å². The van der Waals surface area contributed by atoms with Crippen molar-refractivity contribution in [2.24, 2.45) is 0 Å². The first-order valence-corrected chi connectivity index (χ1v) is 6.24. The Hall–Kier alpha value is -2.08. The highest BCUT2D eigenvalue weighted by molar-refractivity contribution is 7.13. The lowest BCUT2D eigenvalue weighted by molar-refractivity contribution is -0.111. The van der Waals surface area contributed by atoms with E-state index in [1.54, 1.807) is 5.38 Å². The summed E-state index contributed by atoms with van der Waals surface area (Å²) in [6.45, 7) is 4.98. The Morgan fingerprint density at radius 2 is 2.00 bits per heavy atom.